The molecule has 2 aromatic rings. The first-order chi connectivity index (χ1) is 14.3. The maximum atomic E-state index is 12.6. The molecule has 10 heteroatoms. The lowest BCUT2D eigenvalue weighted by molar-refractivity contribution is 0.477. The summed E-state index contributed by atoms with van der Waals surface area (Å²) in [7, 11) is -1.43. The van der Waals surface area contributed by atoms with Crippen molar-refractivity contribution >= 4 is 40.0 Å². The third-order valence-corrected chi connectivity index (χ3v) is 7.39. The van der Waals surface area contributed by atoms with Gasteiger partial charge < -0.3 is 10.6 Å². The van der Waals surface area contributed by atoms with E-state index in [1.54, 1.807) is 16.4 Å². The zero-order chi connectivity index (χ0) is 21.7. The zero-order valence-corrected chi connectivity index (χ0v) is 21.8. The highest BCUT2D eigenvalue weighted by atomic mass is 127. The number of nitrogens with one attached hydrogen (secondary N) is 2. The van der Waals surface area contributed by atoms with Crippen molar-refractivity contribution in [3.8, 4) is 0 Å². The first kappa shape index (κ1) is 25.6. The first-order valence-electron chi connectivity index (χ1n) is 10.4. The molecule has 3 rings (SSSR count). The summed E-state index contributed by atoms with van der Waals surface area (Å²) in [6.45, 7) is 9.17. The van der Waals surface area contributed by atoms with E-state index in [1.807, 2.05) is 37.7 Å². The second-order valence-electron chi connectivity index (χ2n) is 7.58. The van der Waals surface area contributed by atoms with E-state index in [4.69, 9.17) is 0 Å². The van der Waals surface area contributed by atoms with Gasteiger partial charge in [0, 0.05) is 44.5 Å². The van der Waals surface area contributed by atoms with Gasteiger partial charge in [0.2, 0.25) is 10.0 Å². The standard InChI is InChI=1S/C21H32N6O2S.HI/c1-5-22-21(24-15-20-16(2)25-26(4)17(20)3)23-14-18-8-10-19(11-9-18)30(28,29)27-12-6-7-13-27;/h8-11H,5-7,12-15H2,1-4H3,(H2,22,23,24);1H. The lowest BCUT2D eigenvalue weighted by Gasteiger charge is -2.15. The molecule has 2 heterocycles. The molecule has 1 aliphatic heterocycles. The zero-order valence-electron chi connectivity index (χ0n) is 18.7. The van der Waals surface area contributed by atoms with Crippen LogP contribution in [0.5, 0.6) is 0 Å². The fourth-order valence-corrected chi connectivity index (χ4v) is 5.12. The van der Waals surface area contributed by atoms with Gasteiger partial charge in [0.25, 0.3) is 0 Å². The van der Waals surface area contributed by atoms with Gasteiger partial charge in [-0.1, -0.05) is 12.1 Å². The fourth-order valence-electron chi connectivity index (χ4n) is 3.60. The number of nitrogens with zero attached hydrogens (tertiary/aromatic N) is 4. The Kier molecular flexibility index (Phi) is 9.31. The summed E-state index contributed by atoms with van der Waals surface area (Å²) in [6, 6.07) is 7.04. The summed E-state index contributed by atoms with van der Waals surface area (Å²) < 4.78 is 28.7. The number of halogens is 1. The molecule has 2 N–H and O–H groups in total. The molecule has 0 unspecified atom stereocenters. The topological polar surface area (TPSA) is 91.6 Å². The Morgan fingerprint density at radius 2 is 1.77 bits per heavy atom. The number of hydrogen-bond donors (Lipinski definition) is 2. The maximum absolute atomic E-state index is 12.6. The Morgan fingerprint density at radius 1 is 1.13 bits per heavy atom. The van der Waals surface area contributed by atoms with Crippen LogP contribution in [0.25, 0.3) is 0 Å². The normalized spacial score (nSPS) is 15.0. The van der Waals surface area contributed by atoms with Crippen LogP contribution in [0.1, 0.15) is 42.3 Å². The molecule has 0 aliphatic carbocycles. The SMILES string of the molecule is CCNC(=NCc1ccc(S(=O)(=O)N2CCCC2)cc1)NCc1c(C)nn(C)c1C.I. The summed E-state index contributed by atoms with van der Waals surface area (Å²) >= 11 is 0. The third-order valence-electron chi connectivity index (χ3n) is 5.48. The number of aromatic nitrogens is 2. The number of benzene rings is 1. The molecule has 1 aromatic heterocycles. The number of aliphatic imine (C=N–C) groups is 1. The number of guanidine groups is 1. The number of aryl methyl sites for hydroxylation is 2. The molecule has 0 saturated carbocycles. The van der Waals surface area contributed by atoms with Gasteiger partial charge >= 0.3 is 0 Å². The molecule has 0 amide bonds. The summed E-state index contributed by atoms with van der Waals surface area (Å²) in [5.74, 6) is 0.717. The van der Waals surface area contributed by atoms with E-state index in [2.05, 4.69) is 27.6 Å². The lowest BCUT2D eigenvalue weighted by Crippen LogP contribution is -2.37. The quantitative estimate of drug-likeness (QED) is 0.309. The van der Waals surface area contributed by atoms with Crippen LogP contribution >= 0.6 is 24.0 Å². The maximum Gasteiger partial charge on any atom is 0.243 e. The molecule has 172 valence electrons. The van der Waals surface area contributed by atoms with E-state index in [9.17, 15) is 8.42 Å². The molecular formula is C21H33IN6O2S. The van der Waals surface area contributed by atoms with Crippen LogP contribution in [0.3, 0.4) is 0 Å². The van der Waals surface area contributed by atoms with Crippen LogP contribution in [0.15, 0.2) is 34.2 Å². The molecular weight excluding hydrogens is 527 g/mol. The highest BCUT2D eigenvalue weighted by Gasteiger charge is 2.26. The van der Waals surface area contributed by atoms with Crippen LogP contribution in [0.4, 0.5) is 0 Å². The van der Waals surface area contributed by atoms with Crippen molar-refractivity contribution in [3.05, 3.63) is 46.8 Å². The predicted molar refractivity (Wildman–Crippen MR) is 134 cm³/mol. The van der Waals surface area contributed by atoms with Crippen LogP contribution < -0.4 is 10.6 Å². The van der Waals surface area contributed by atoms with E-state index in [1.165, 1.54) is 5.56 Å². The Bertz CT molecular complexity index is 996. The third kappa shape index (κ3) is 6.19. The molecule has 0 spiro atoms. The van der Waals surface area contributed by atoms with Gasteiger partial charge in [-0.2, -0.15) is 9.40 Å². The summed E-state index contributed by atoms with van der Waals surface area (Å²) in [5, 5.41) is 11.1. The first-order valence-corrected chi connectivity index (χ1v) is 11.9. The van der Waals surface area contributed by atoms with Crippen LogP contribution in [0.2, 0.25) is 0 Å². The largest absolute Gasteiger partial charge is 0.357 e. The fraction of sp³-hybridized carbons (Fsp3) is 0.524. The minimum Gasteiger partial charge on any atom is -0.357 e. The van der Waals surface area contributed by atoms with E-state index >= 15 is 0 Å². The second kappa shape index (κ2) is 11.3. The molecule has 0 radical (unpaired) electrons. The molecule has 1 saturated heterocycles. The van der Waals surface area contributed by atoms with Crippen molar-refractivity contribution < 1.29 is 8.42 Å². The van der Waals surface area contributed by atoms with Crippen molar-refractivity contribution in [1.29, 1.82) is 0 Å². The monoisotopic (exact) mass is 560 g/mol. The van der Waals surface area contributed by atoms with Gasteiger partial charge in [0.1, 0.15) is 0 Å². The molecule has 0 atom stereocenters. The van der Waals surface area contributed by atoms with Crippen molar-refractivity contribution in [3.63, 3.8) is 0 Å². The molecule has 1 fully saturated rings. The number of hydrogen-bond acceptors (Lipinski definition) is 4. The van der Waals surface area contributed by atoms with Crippen molar-refractivity contribution in [2.45, 2.75) is 51.6 Å². The van der Waals surface area contributed by atoms with Gasteiger partial charge in [0.15, 0.2) is 5.96 Å². The molecule has 8 nitrogen and oxygen atoms in total. The lowest BCUT2D eigenvalue weighted by atomic mass is 10.2. The van der Waals surface area contributed by atoms with Gasteiger partial charge in [-0.25, -0.2) is 13.4 Å². The van der Waals surface area contributed by atoms with Crippen LogP contribution in [-0.4, -0.2) is 48.1 Å². The highest BCUT2D eigenvalue weighted by molar-refractivity contribution is 14.0. The molecule has 1 aliphatic rings. The van der Waals surface area contributed by atoms with Crippen molar-refractivity contribution in [1.82, 2.24) is 24.7 Å². The Balaban J connectivity index is 0.00000341. The van der Waals surface area contributed by atoms with Gasteiger partial charge in [-0.3, -0.25) is 4.68 Å². The van der Waals surface area contributed by atoms with Gasteiger partial charge in [-0.15, -0.1) is 24.0 Å². The second-order valence-corrected chi connectivity index (χ2v) is 9.51. The highest BCUT2D eigenvalue weighted by Crippen LogP contribution is 2.21. The average Bonchev–Trinajstić information content (AvgIpc) is 3.35. The minimum absolute atomic E-state index is 0. The molecule has 0 bridgehead atoms. The van der Waals surface area contributed by atoms with Crippen molar-refractivity contribution in [2.24, 2.45) is 12.0 Å². The van der Waals surface area contributed by atoms with Gasteiger partial charge in [0.05, 0.1) is 17.1 Å². The molecule has 1 aromatic carbocycles. The Morgan fingerprint density at radius 3 is 2.32 bits per heavy atom. The van der Waals surface area contributed by atoms with E-state index in [-0.39, 0.29) is 24.0 Å². The number of sulfonamides is 1. The molecule has 31 heavy (non-hydrogen) atoms. The predicted octanol–water partition coefficient (Wildman–Crippen LogP) is 2.69. The van der Waals surface area contributed by atoms with E-state index in [0.717, 1.165) is 36.3 Å². The average molecular weight is 561 g/mol. The van der Waals surface area contributed by atoms with E-state index in [0.29, 0.717) is 37.0 Å². The number of rotatable bonds is 7. The summed E-state index contributed by atoms with van der Waals surface area (Å²) in [6.07, 6.45) is 1.87. The summed E-state index contributed by atoms with van der Waals surface area (Å²) in [5.41, 5.74) is 4.26. The van der Waals surface area contributed by atoms with Crippen LogP contribution in [0, 0.1) is 13.8 Å². The van der Waals surface area contributed by atoms with Crippen LogP contribution in [-0.2, 0) is 30.2 Å². The van der Waals surface area contributed by atoms with Gasteiger partial charge in [-0.05, 0) is 51.3 Å². The minimum atomic E-state index is -3.38. The van der Waals surface area contributed by atoms with Crippen molar-refractivity contribution in [2.75, 3.05) is 19.6 Å². The smallest absolute Gasteiger partial charge is 0.243 e. The Labute approximate surface area is 202 Å². The van der Waals surface area contributed by atoms with E-state index < -0.39 is 10.0 Å². The summed E-state index contributed by atoms with van der Waals surface area (Å²) in [4.78, 5) is 4.99. The Hall–Kier alpha value is -1.66.